The number of hydrogen-bond donors (Lipinski definition) is 2. The molecule has 0 bridgehead atoms. The Labute approximate surface area is 201 Å². The highest BCUT2D eigenvalue weighted by Gasteiger charge is 2.48. The summed E-state index contributed by atoms with van der Waals surface area (Å²) in [4.78, 5) is 23.7. The van der Waals surface area contributed by atoms with Crippen LogP contribution < -0.4 is 4.74 Å². The molecule has 0 saturated carbocycles. The number of rotatable bonds is 4. The number of aromatic amines is 1. The molecule has 3 atom stereocenters. The summed E-state index contributed by atoms with van der Waals surface area (Å²) in [7, 11) is 0. The molecule has 11 heteroatoms. The van der Waals surface area contributed by atoms with Gasteiger partial charge in [0, 0.05) is 17.2 Å². The number of ether oxygens (including phenoxy) is 3. The van der Waals surface area contributed by atoms with Gasteiger partial charge >= 0.3 is 0 Å². The van der Waals surface area contributed by atoms with Gasteiger partial charge in [0.2, 0.25) is 0 Å². The molecular formula is C24H16ClF2N3O5. The largest absolute Gasteiger partial charge is 0.504 e. The molecule has 2 saturated heterocycles. The maximum absolute atomic E-state index is 13.7. The third-order valence-electron chi connectivity index (χ3n) is 6.01. The molecule has 0 radical (unpaired) electrons. The van der Waals surface area contributed by atoms with Crippen LogP contribution in [0, 0.1) is 11.6 Å². The molecule has 2 aliphatic heterocycles. The summed E-state index contributed by atoms with van der Waals surface area (Å²) in [5.74, 6) is -2.57. The lowest BCUT2D eigenvalue weighted by Crippen LogP contribution is -2.33. The van der Waals surface area contributed by atoms with Crippen LogP contribution in [-0.4, -0.2) is 57.4 Å². The molecule has 2 aromatic heterocycles. The summed E-state index contributed by atoms with van der Waals surface area (Å²) in [6.07, 6.45) is -1.58. The van der Waals surface area contributed by atoms with Gasteiger partial charge in [0.1, 0.15) is 24.6 Å². The number of aromatic nitrogens is 3. The normalized spacial score (nSPS) is 21.6. The number of ketones is 1. The second-order valence-corrected chi connectivity index (χ2v) is 8.65. The van der Waals surface area contributed by atoms with Crippen LogP contribution in [0.1, 0.15) is 0 Å². The number of H-pyrrole nitrogens is 1. The molecule has 2 N–H and O–H groups in total. The zero-order chi connectivity index (χ0) is 24.3. The van der Waals surface area contributed by atoms with Crippen LogP contribution in [0.4, 0.5) is 8.78 Å². The Balaban J connectivity index is 1.27. The maximum Gasteiger partial charge on any atom is 0.296 e. The van der Waals surface area contributed by atoms with E-state index >= 15 is 0 Å². The van der Waals surface area contributed by atoms with E-state index in [4.69, 9.17) is 25.8 Å². The van der Waals surface area contributed by atoms with Gasteiger partial charge in [-0.05, 0) is 17.7 Å². The minimum atomic E-state index is -1.04. The number of fused-ring (bicyclic) bond motifs is 2. The number of hydrogen-bond acceptors (Lipinski definition) is 7. The number of carbonyl (C=O) groups excluding carboxylic acids is 1. The van der Waals surface area contributed by atoms with Crippen LogP contribution >= 0.6 is 11.6 Å². The molecule has 4 aromatic rings. The monoisotopic (exact) mass is 499 g/mol. The van der Waals surface area contributed by atoms with Crippen LogP contribution in [0.2, 0.25) is 5.02 Å². The first-order chi connectivity index (χ1) is 16.9. The number of aromatic hydroxyl groups is 1. The van der Waals surface area contributed by atoms with Gasteiger partial charge in [-0.1, -0.05) is 35.9 Å². The summed E-state index contributed by atoms with van der Waals surface area (Å²) in [5.41, 5.74) is 2.42. The number of phenolic OH excluding ortho intramolecular Hbond substituents is 1. The van der Waals surface area contributed by atoms with Crippen LogP contribution in [-0.2, 0) is 14.3 Å². The predicted molar refractivity (Wildman–Crippen MR) is 120 cm³/mol. The van der Waals surface area contributed by atoms with Crippen LogP contribution in [0.3, 0.4) is 0 Å². The van der Waals surface area contributed by atoms with Gasteiger partial charge in [-0.3, -0.25) is 4.79 Å². The average molecular weight is 500 g/mol. The van der Waals surface area contributed by atoms with Crippen molar-refractivity contribution in [2.45, 2.75) is 18.3 Å². The third kappa shape index (κ3) is 3.79. The molecule has 2 fully saturated rings. The van der Waals surface area contributed by atoms with Gasteiger partial charge in [0.05, 0.1) is 22.8 Å². The molecule has 0 unspecified atom stereocenters. The molecule has 0 aliphatic carbocycles. The number of nitrogens with zero attached hydrogens (tertiary/aromatic N) is 2. The first-order valence-electron chi connectivity index (χ1n) is 10.6. The van der Waals surface area contributed by atoms with Crippen molar-refractivity contribution in [3.63, 3.8) is 0 Å². The van der Waals surface area contributed by atoms with Gasteiger partial charge in [0.25, 0.3) is 6.01 Å². The Hall–Kier alpha value is -3.60. The number of benzene rings is 2. The average Bonchev–Trinajstić information content (AvgIpc) is 3.52. The first kappa shape index (κ1) is 21.9. The van der Waals surface area contributed by atoms with E-state index in [2.05, 4.69) is 15.0 Å². The first-order valence-corrected chi connectivity index (χ1v) is 11.0. The molecule has 4 heterocycles. The number of Topliss-reactive ketones (excluding diaryl/α,β-unsaturated/α-hetero) is 1. The molecule has 2 aliphatic rings. The third-order valence-corrected chi connectivity index (χ3v) is 6.29. The predicted octanol–water partition coefficient (Wildman–Crippen LogP) is 4.04. The quantitative estimate of drug-likeness (QED) is 0.436. The van der Waals surface area contributed by atoms with Crippen molar-refractivity contribution in [2.75, 3.05) is 13.2 Å². The zero-order valence-corrected chi connectivity index (χ0v) is 18.6. The molecule has 178 valence electrons. The van der Waals surface area contributed by atoms with Crippen LogP contribution in [0.25, 0.3) is 33.5 Å². The van der Waals surface area contributed by atoms with E-state index in [1.807, 2.05) is 0 Å². The summed E-state index contributed by atoms with van der Waals surface area (Å²) in [6, 6.07) is 10.1. The van der Waals surface area contributed by atoms with Gasteiger partial charge in [-0.15, -0.1) is 0 Å². The Morgan fingerprint density at radius 1 is 1.09 bits per heavy atom. The van der Waals surface area contributed by atoms with Gasteiger partial charge in [-0.2, -0.15) is 4.98 Å². The SMILES string of the molecule is O=C1CO[C@H]2[C@@H]1OC[C@H]2Oc1nc2nc(-c3ccc(-c4cc(F)cc(F)c4O)cc3)c(Cl)cc2[nH]1. The number of imidazole rings is 1. The van der Waals surface area contributed by atoms with Crippen LogP contribution in [0.5, 0.6) is 11.8 Å². The van der Waals surface area contributed by atoms with Crippen molar-refractivity contribution in [1.82, 2.24) is 15.0 Å². The highest BCUT2D eigenvalue weighted by atomic mass is 35.5. The Morgan fingerprint density at radius 2 is 1.86 bits per heavy atom. The van der Waals surface area contributed by atoms with Crippen molar-refractivity contribution in [2.24, 2.45) is 0 Å². The van der Waals surface area contributed by atoms with E-state index in [0.717, 1.165) is 6.07 Å². The fraction of sp³-hybridized carbons (Fsp3) is 0.208. The highest BCUT2D eigenvalue weighted by molar-refractivity contribution is 6.33. The Kier molecular flexibility index (Phi) is 5.17. The number of phenols is 1. The lowest BCUT2D eigenvalue weighted by atomic mass is 10.0. The van der Waals surface area contributed by atoms with Gasteiger partial charge < -0.3 is 24.3 Å². The van der Waals surface area contributed by atoms with E-state index in [1.54, 1.807) is 30.3 Å². The van der Waals surface area contributed by atoms with E-state index in [-0.39, 0.29) is 30.6 Å². The fourth-order valence-corrected chi connectivity index (χ4v) is 4.57. The maximum atomic E-state index is 13.7. The minimum absolute atomic E-state index is 0.00239. The lowest BCUT2D eigenvalue weighted by Gasteiger charge is -2.14. The molecular weight excluding hydrogens is 484 g/mol. The highest BCUT2D eigenvalue weighted by Crippen LogP contribution is 2.35. The second-order valence-electron chi connectivity index (χ2n) is 8.25. The number of halogens is 3. The summed E-state index contributed by atoms with van der Waals surface area (Å²) >= 11 is 6.46. The minimum Gasteiger partial charge on any atom is -0.504 e. The summed E-state index contributed by atoms with van der Waals surface area (Å²) in [6.45, 7) is 0.205. The van der Waals surface area contributed by atoms with Crippen molar-refractivity contribution < 1.29 is 32.9 Å². The van der Waals surface area contributed by atoms with Crippen LogP contribution in [0.15, 0.2) is 42.5 Å². The van der Waals surface area contributed by atoms with E-state index in [9.17, 15) is 18.7 Å². The van der Waals surface area contributed by atoms with E-state index < -0.39 is 35.7 Å². The van der Waals surface area contributed by atoms with Gasteiger partial charge in [-0.25, -0.2) is 13.8 Å². The van der Waals surface area contributed by atoms with Crippen molar-refractivity contribution in [3.05, 3.63) is 59.1 Å². The summed E-state index contributed by atoms with van der Waals surface area (Å²) in [5, 5.41) is 10.3. The molecule has 6 rings (SSSR count). The lowest BCUT2D eigenvalue weighted by molar-refractivity contribution is -0.125. The molecule has 0 amide bonds. The molecule has 2 aromatic carbocycles. The van der Waals surface area contributed by atoms with Crippen molar-refractivity contribution >= 4 is 28.5 Å². The topological polar surface area (TPSA) is 107 Å². The van der Waals surface area contributed by atoms with Gasteiger partial charge in [0.15, 0.2) is 29.1 Å². The van der Waals surface area contributed by atoms with E-state index in [0.29, 0.717) is 39.1 Å². The van der Waals surface area contributed by atoms with Crippen molar-refractivity contribution in [3.8, 4) is 34.1 Å². The number of pyridine rings is 1. The number of carbonyl (C=O) groups is 1. The Bertz CT molecular complexity index is 1480. The number of nitrogens with one attached hydrogen (secondary N) is 1. The molecule has 8 nitrogen and oxygen atoms in total. The molecule has 0 spiro atoms. The zero-order valence-electron chi connectivity index (χ0n) is 17.8. The standard InChI is InChI=1S/C24H16ClF2N3O5/c25-14-7-16-23(30-24(28-16)35-18-9-34-21-17(31)8-33-22(18)21)29-19(14)11-3-1-10(2-4-11)13-5-12(26)6-15(27)20(13)32/h1-7,18,21-22,32H,8-9H2,(H,28,29,30)/t18-,21-,22-/m1/s1. The summed E-state index contributed by atoms with van der Waals surface area (Å²) < 4.78 is 44.1. The smallest absolute Gasteiger partial charge is 0.296 e. The fourth-order valence-electron chi connectivity index (χ4n) is 4.31. The van der Waals surface area contributed by atoms with Crippen molar-refractivity contribution in [1.29, 1.82) is 0 Å². The van der Waals surface area contributed by atoms with E-state index in [1.165, 1.54) is 0 Å². The molecule has 35 heavy (non-hydrogen) atoms. The Morgan fingerprint density at radius 3 is 2.66 bits per heavy atom. The second kappa shape index (κ2) is 8.26.